The Morgan fingerprint density at radius 2 is 2.19 bits per heavy atom. The molecule has 0 aliphatic carbocycles. The second-order valence-corrected chi connectivity index (χ2v) is 11.2. The number of methoxy groups -OCH3 is 1. The molecule has 8 heteroatoms. The van der Waals surface area contributed by atoms with E-state index < -0.39 is 10.0 Å². The van der Waals surface area contributed by atoms with Crippen molar-refractivity contribution in [1.82, 2.24) is 14.5 Å². The zero-order valence-corrected chi connectivity index (χ0v) is 17.7. The fraction of sp³-hybridized carbons (Fsp3) is 0.789. The number of hydrogen-bond acceptors (Lipinski definition) is 6. The van der Waals surface area contributed by atoms with Gasteiger partial charge in [-0.15, -0.1) is 11.3 Å². The summed E-state index contributed by atoms with van der Waals surface area (Å²) in [6, 6.07) is 4.37. The van der Waals surface area contributed by atoms with Gasteiger partial charge in [-0.3, -0.25) is 9.80 Å². The summed E-state index contributed by atoms with van der Waals surface area (Å²) < 4.78 is 33.4. The van der Waals surface area contributed by atoms with Crippen LogP contribution in [0.3, 0.4) is 0 Å². The lowest BCUT2D eigenvalue weighted by atomic mass is 9.75. The molecule has 1 aromatic rings. The Labute approximate surface area is 166 Å². The largest absolute Gasteiger partial charge is 0.383 e. The Bertz CT molecular complexity index is 710. The van der Waals surface area contributed by atoms with Gasteiger partial charge in [0.25, 0.3) is 0 Å². The molecule has 0 spiro atoms. The summed E-state index contributed by atoms with van der Waals surface area (Å²) in [5.74, 6) is 1.43. The van der Waals surface area contributed by atoms with Gasteiger partial charge in [0, 0.05) is 38.8 Å². The van der Waals surface area contributed by atoms with Gasteiger partial charge in [-0.05, 0) is 62.1 Å². The predicted octanol–water partition coefficient (Wildman–Crippen LogP) is 1.85. The highest BCUT2D eigenvalue weighted by Gasteiger charge is 2.41. The molecule has 4 fully saturated rings. The third-order valence-electron chi connectivity index (χ3n) is 6.61. The van der Waals surface area contributed by atoms with Crippen LogP contribution in [0.5, 0.6) is 0 Å². The molecule has 27 heavy (non-hydrogen) atoms. The van der Waals surface area contributed by atoms with Crippen molar-refractivity contribution in [1.29, 1.82) is 0 Å². The molecule has 5 unspecified atom stereocenters. The van der Waals surface area contributed by atoms with Gasteiger partial charge in [0.1, 0.15) is 4.21 Å². The summed E-state index contributed by atoms with van der Waals surface area (Å²) in [5.41, 5.74) is 0. The highest BCUT2D eigenvalue weighted by Crippen LogP contribution is 2.37. The molecule has 0 radical (unpaired) electrons. The Balaban J connectivity index is 1.31. The van der Waals surface area contributed by atoms with E-state index in [1.54, 1.807) is 24.6 Å². The lowest BCUT2D eigenvalue weighted by molar-refractivity contribution is -0.0156. The number of piperidine rings is 3. The molecule has 5 heterocycles. The third kappa shape index (κ3) is 4.41. The monoisotopic (exact) mass is 413 g/mol. The first-order chi connectivity index (χ1) is 13.1. The summed E-state index contributed by atoms with van der Waals surface area (Å²) in [6.07, 6.45) is 4.90. The Hall–Kier alpha value is -0.510. The minimum absolute atomic E-state index is 0.336. The van der Waals surface area contributed by atoms with Crippen LogP contribution < -0.4 is 4.72 Å². The maximum absolute atomic E-state index is 12.4. The first-order valence-electron chi connectivity index (χ1n) is 10.1. The van der Waals surface area contributed by atoms with E-state index in [1.165, 1.54) is 43.7 Å². The number of hydrogen-bond donors (Lipinski definition) is 1. The smallest absolute Gasteiger partial charge is 0.250 e. The average Bonchev–Trinajstić information content (AvgIpc) is 3.34. The number of thiophene rings is 1. The minimum atomic E-state index is -3.36. The molecule has 4 aliphatic heterocycles. The van der Waals surface area contributed by atoms with Gasteiger partial charge in [0.05, 0.1) is 6.61 Å². The van der Waals surface area contributed by atoms with Gasteiger partial charge in [-0.25, -0.2) is 13.1 Å². The number of nitrogens with zero attached hydrogens (tertiary/aromatic N) is 2. The van der Waals surface area contributed by atoms with Crippen LogP contribution in [0.4, 0.5) is 0 Å². The zero-order valence-electron chi connectivity index (χ0n) is 16.0. The maximum atomic E-state index is 12.4. The number of likely N-dealkylation sites (tertiary alicyclic amines) is 1. The molecule has 5 atom stereocenters. The van der Waals surface area contributed by atoms with Crippen LogP contribution in [-0.4, -0.2) is 76.7 Å². The molecular weight excluding hydrogens is 382 g/mol. The van der Waals surface area contributed by atoms with Gasteiger partial charge >= 0.3 is 0 Å². The fourth-order valence-electron chi connectivity index (χ4n) is 5.18. The van der Waals surface area contributed by atoms with E-state index in [9.17, 15) is 8.42 Å². The van der Waals surface area contributed by atoms with Gasteiger partial charge in [0.2, 0.25) is 10.0 Å². The molecule has 4 saturated heterocycles. The number of fused-ring (bicyclic) bond motifs is 3. The summed E-state index contributed by atoms with van der Waals surface area (Å²) >= 11 is 1.27. The quantitative estimate of drug-likeness (QED) is 0.705. The number of ether oxygens (including phenoxy) is 1. The SMILES string of the molecule is COCC1CCCN1CC1CN2CCC1CC2CNS(=O)(=O)c1cccs1. The Morgan fingerprint density at radius 3 is 2.89 bits per heavy atom. The standard InChI is InChI=1S/C19H31N3O3S2/c1-25-14-17-4-2-7-21(17)12-16-13-22-8-6-15(16)10-18(22)11-20-27(23,24)19-5-3-9-26-19/h3,5,9,15-18,20H,2,4,6-8,10-14H2,1H3. The Kier molecular flexibility index (Phi) is 6.21. The van der Waals surface area contributed by atoms with E-state index in [-0.39, 0.29) is 0 Å². The first-order valence-corrected chi connectivity index (χ1v) is 12.4. The molecule has 0 saturated carbocycles. The lowest BCUT2D eigenvalue weighted by Gasteiger charge is -2.51. The molecule has 5 rings (SSSR count). The summed E-state index contributed by atoms with van der Waals surface area (Å²) in [7, 11) is -1.56. The summed E-state index contributed by atoms with van der Waals surface area (Å²) in [5, 5.41) is 1.81. The van der Waals surface area contributed by atoms with Crippen molar-refractivity contribution >= 4 is 21.4 Å². The van der Waals surface area contributed by atoms with Crippen LogP contribution in [0.15, 0.2) is 21.7 Å². The maximum Gasteiger partial charge on any atom is 0.250 e. The van der Waals surface area contributed by atoms with Gasteiger partial charge in [0.15, 0.2) is 0 Å². The van der Waals surface area contributed by atoms with E-state index in [1.807, 2.05) is 0 Å². The Morgan fingerprint density at radius 1 is 1.30 bits per heavy atom. The van der Waals surface area contributed by atoms with E-state index in [0.717, 1.165) is 32.0 Å². The van der Waals surface area contributed by atoms with Crippen molar-refractivity contribution in [3.63, 3.8) is 0 Å². The molecular formula is C19H31N3O3S2. The van der Waals surface area contributed by atoms with Crippen molar-refractivity contribution in [3.8, 4) is 0 Å². The van der Waals surface area contributed by atoms with Crippen LogP contribution >= 0.6 is 11.3 Å². The highest BCUT2D eigenvalue weighted by molar-refractivity contribution is 7.91. The molecule has 1 aromatic heterocycles. The molecule has 0 aromatic carbocycles. The van der Waals surface area contributed by atoms with Crippen molar-refractivity contribution < 1.29 is 13.2 Å². The molecule has 1 N–H and O–H groups in total. The second-order valence-electron chi connectivity index (χ2n) is 8.22. The van der Waals surface area contributed by atoms with Gasteiger partial charge in [-0.2, -0.15) is 0 Å². The van der Waals surface area contributed by atoms with E-state index in [4.69, 9.17) is 4.74 Å². The van der Waals surface area contributed by atoms with Crippen molar-refractivity contribution in [2.45, 2.75) is 42.0 Å². The molecule has 4 aliphatic rings. The predicted molar refractivity (Wildman–Crippen MR) is 108 cm³/mol. The first kappa shape index (κ1) is 19.8. The number of rotatable bonds is 8. The van der Waals surface area contributed by atoms with Crippen LogP contribution in [-0.2, 0) is 14.8 Å². The van der Waals surface area contributed by atoms with Gasteiger partial charge in [-0.1, -0.05) is 6.07 Å². The number of nitrogens with one attached hydrogen (secondary N) is 1. The minimum Gasteiger partial charge on any atom is -0.383 e. The third-order valence-corrected chi connectivity index (χ3v) is 9.43. The lowest BCUT2D eigenvalue weighted by Crippen LogP contribution is -2.58. The zero-order chi connectivity index (χ0) is 18.9. The van der Waals surface area contributed by atoms with E-state index in [0.29, 0.717) is 28.8 Å². The van der Waals surface area contributed by atoms with Crippen molar-refractivity contribution in [3.05, 3.63) is 17.5 Å². The topological polar surface area (TPSA) is 61.9 Å². The average molecular weight is 414 g/mol. The summed E-state index contributed by atoms with van der Waals surface area (Å²) in [6.45, 7) is 5.94. The van der Waals surface area contributed by atoms with Crippen LogP contribution in [0, 0.1) is 11.8 Å². The van der Waals surface area contributed by atoms with Crippen LogP contribution in [0.2, 0.25) is 0 Å². The second kappa shape index (κ2) is 8.47. The molecule has 152 valence electrons. The van der Waals surface area contributed by atoms with Crippen LogP contribution in [0.25, 0.3) is 0 Å². The molecule has 0 amide bonds. The van der Waals surface area contributed by atoms with Crippen molar-refractivity contribution in [2.75, 3.05) is 46.4 Å². The normalized spacial score (nSPS) is 34.3. The van der Waals surface area contributed by atoms with E-state index >= 15 is 0 Å². The van der Waals surface area contributed by atoms with Crippen LogP contribution in [0.1, 0.15) is 25.7 Å². The van der Waals surface area contributed by atoms with Crippen molar-refractivity contribution in [2.24, 2.45) is 11.8 Å². The number of sulfonamides is 1. The van der Waals surface area contributed by atoms with E-state index in [2.05, 4.69) is 14.5 Å². The highest BCUT2D eigenvalue weighted by atomic mass is 32.2. The van der Waals surface area contributed by atoms with Gasteiger partial charge < -0.3 is 4.74 Å². The molecule has 2 bridgehead atoms. The summed E-state index contributed by atoms with van der Waals surface area (Å²) in [4.78, 5) is 5.15. The molecule has 6 nitrogen and oxygen atoms in total. The fourth-order valence-corrected chi connectivity index (χ4v) is 7.29.